The van der Waals surface area contributed by atoms with E-state index < -0.39 is 0 Å². The summed E-state index contributed by atoms with van der Waals surface area (Å²) in [4.78, 5) is 21.9. The molecule has 1 amide bonds. The van der Waals surface area contributed by atoms with Crippen LogP contribution in [0.4, 0.5) is 5.82 Å². The van der Waals surface area contributed by atoms with Crippen LogP contribution in [-0.4, -0.2) is 15.9 Å². The predicted molar refractivity (Wildman–Crippen MR) is 103 cm³/mol. The van der Waals surface area contributed by atoms with Gasteiger partial charge in [-0.05, 0) is 37.8 Å². The number of aromatic nitrogens is 2. The second-order valence-electron chi connectivity index (χ2n) is 6.82. The van der Waals surface area contributed by atoms with Crippen LogP contribution in [0.2, 0.25) is 0 Å². The van der Waals surface area contributed by atoms with Crippen molar-refractivity contribution in [3.63, 3.8) is 0 Å². The Balaban J connectivity index is 1.57. The summed E-state index contributed by atoms with van der Waals surface area (Å²) >= 11 is 0. The topological polar surface area (TPSA) is 54.9 Å². The van der Waals surface area contributed by atoms with E-state index in [2.05, 4.69) is 23.5 Å². The van der Waals surface area contributed by atoms with Gasteiger partial charge in [-0.25, -0.2) is 9.97 Å². The molecule has 1 heterocycles. The minimum Gasteiger partial charge on any atom is -0.309 e. The summed E-state index contributed by atoms with van der Waals surface area (Å²) in [6, 6.07) is 16.3. The van der Waals surface area contributed by atoms with Crippen molar-refractivity contribution in [2.45, 2.75) is 33.1 Å². The molecule has 0 aliphatic heterocycles. The number of anilines is 1. The van der Waals surface area contributed by atoms with Crippen LogP contribution in [0.15, 0.2) is 48.5 Å². The Bertz CT molecular complexity index is 977. The molecule has 3 aromatic rings. The van der Waals surface area contributed by atoms with Crippen molar-refractivity contribution in [1.29, 1.82) is 0 Å². The van der Waals surface area contributed by atoms with E-state index in [1.807, 2.05) is 44.2 Å². The fourth-order valence-corrected chi connectivity index (χ4v) is 3.35. The molecule has 4 nitrogen and oxygen atoms in total. The lowest BCUT2D eigenvalue weighted by atomic mass is 9.92. The molecule has 0 fully saturated rings. The summed E-state index contributed by atoms with van der Waals surface area (Å²) in [7, 11) is 0. The zero-order valence-corrected chi connectivity index (χ0v) is 15.0. The van der Waals surface area contributed by atoms with Gasteiger partial charge in [0.25, 0.3) is 0 Å². The lowest BCUT2D eigenvalue weighted by Crippen LogP contribution is -2.19. The third-order valence-electron chi connectivity index (χ3n) is 4.79. The molecule has 130 valence electrons. The zero-order chi connectivity index (χ0) is 18.1. The van der Waals surface area contributed by atoms with Crippen LogP contribution in [0, 0.1) is 13.8 Å². The first-order valence-corrected chi connectivity index (χ1v) is 8.91. The number of carbonyl (C=O) groups is 1. The number of fused-ring (bicyclic) bond motifs is 3. The van der Waals surface area contributed by atoms with Gasteiger partial charge >= 0.3 is 0 Å². The normalized spacial score (nSPS) is 12.2. The summed E-state index contributed by atoms with van der Waals surface area (Å²) in [5.41, 5.74) is 7.29. The number of nitrogens with one attached hydrogen (secondary N) is 1. The SMILES string of the molecule is Cc1ccc(CC(=O)Nc2nc3c(nc2C)-c2ccccc2CC3)cc1. The summed E-state index contributed by atoms with van der Waals surface area (Å²) < 4.78 is 0. The Labute approximate surface area is 153 Å². The summed E-state index contributed by atoms with van der Waals surface area (Å²) in [6.45, 7) is 3.93. The van der Waals surface area contributed by atoms with Crippen molar-refractivity contribution in [3.05, 3.63) is 76.6 Å². The van der Waals surface area contributed by atoms with Gasteiger partial charge in [0.2, 0.25) is 5.91 Å². The highest BCUT2D eigenvalue weighted by atomic mass is 16.1. The van der Waals surface area contributed by atoms with Crippen LogP contribution < -0.4 is 5.32 Å². The molecule has 1 aromatic heterocycles. The molecule has 0 atom stereocenters. The third kappa shape index (κ3) is 3.23. The summed E-state index contributed by atoms with van der Waals surface area (Å²) in [5.74, 6) is 0.502. The fraction of sp³-hybridized carbons (Fsp3) is 0.227. The first kappa shape index (κ1) is 16.5. The monoisotopic (exact) mass is 343 g/mol. The number of aryl methyl sites for hydroxylation is 4. The molecular weight excluding hydrogens is 322 g/mol. The maximum absolute atomic E-state index is 12.4. The van der Waals surface area contributed by atoms with Gasteiger partial charge in [-0.1, -0.05) is 54.1 Å². The van der Waals surface area contributed by atoms with Crippen LogP contribution >= 0.6 is 0 Å². The van der Waals surface area contributed by atoms with Gasteiger partial charge in [0.1, 0.15) is 0 Å². The number of rotatable bonds is 3. The Morgan fingerprint density at radius 1 is 1.00 bits per heavy atom. The van der Waals surface area contributed by atoms with Gasteiger partial charge in [-0.2, -0.15) is 0 Å². The number of carbonyl (C=O) groups excluding carboxylic acids is 1. The van der Waals surface area contributed by atoms with Crippen LogP contribution in [0.3, 0.4) is 0 Å². The number of hydrogen-bond acceptors (Lipinski definition) is 3. The van der Waals surface area contributed by atoms with Crippen LogP contribution in [0.25, 0.3) is 11.3 Å². The Morgan fingerprint density at radius 2 is 1.77 bits per heavy atom. The van der Waals surface area contributed by atoms with Crippen molar-refractivity contribution in [3.8, 4) is 11.3 Å². The van der Waals surface area contributed by atoms with Crippen molar-refractivity contribution >= 4 is 11.7 Å². The van der Waals surface area contributed by atoms with Gasteiger partial charge in [0.15, 0.2) is 5.82 Å². The first-order valence-electron chi connectivity index (χ1n) is 8.91. The molecule has 2 aromatic carbocycles. The zero-order valence-electron chi connectivity index (χ0n) is 15.0. The van der Waals surface area contributed by atoms with Gasteiger partial charge in [-0.3, -0.25) is 4.79 Å². The van der Waals surface area contributed by atoms with Crippen LogP contribution in [-0.2, 0) is 24.1 Å². The maximum atomic E-state index is 12.4. The van der Waals surface area contributed by atoms with E-state index in [-0.39, 0.29) is 5.91 Å². The molecule has 0 radical (unpaired) electrons. The number of benzene rings is 2. The van der Waals surface area contributed by atoms with Crippen molar-refractivity contribution < 1.29 is 4.79 Å². The maximum Gasteiger partial charge on any atom is 0.229 e. The van der Waals surface area contributed by atoms with Gasteiger partial charge in [-0.15, -0.1) is 0 Å². The van der Waals surface area contributed by atoms with Crippen molar-refractivity contribution in [2.75, 3.05) is 5.32 Å². The summed E-state index contributed by atoms with van der Waals surface area (Å²) in [5, 5.41) is 2.93. The quantitative estimate of drug-likeness (QED) is 0.781. The largest absolute Gasteiger partial charge is 0.309 e. The standard InChI is InChI=1S/C22H21N3O/c1-14-7-9-16(10-8-14)13-20(26)25-22-15(2)23-21-18-6-4-3-5-17(18)11-12-19(21)24-22/h3-10H,11-13H2,1-2H3,(H,24,25,26). The predicted octanol–water partition coefficient (Wildman–Crippen LogP) is 4.04. The fourth-order valence-electron chi connectivity index (χ4n) is 3.35. The van der Waals surface area contributed by atoms with E-state index in [1.54, 1.807) is 0 Å². The Hall–Kier alpha value is -3.01. The minimum absolute atomic E-state index is 0.0672. The highest BCUT2D eigenvalue weighted by Crippen LogP contribution is 2.32. The van der Waals surface area contributed by atoms with Crippen molar-refractivity contribution in [2.24, 2.45) is 0 Å². The molecule has 0 bridgehead atoms. The molecule has 4 rings (SSSR count). The lowest BCUT2D eigenvalue weighted by molar-refractivity contribution is -0.115. The average Bonchev–Trinajstić information content (AvgIpc) is 2.64. The van der Waals surface area contributed by atoms with E-state index in [0.29, 0.717) is 12.2 Å². The number of amides is 1. The Morgan fingerprint density at radius 3 is 2.58 bits per heavy atom. The highest BCUT2D eigenvalue weighted by molar-refractivity contribution is 5.92. The van der Waals surface area contributed by atoms with Gasteiger partial charge in [0.05, 0.1) is 23.5 Å². The van der Waals surface area contributed by atoms with E-state index in [4.69, 9.17) is 9.97 Å². The molecule has 0 saturated heterocycles. The molecule has 1 aliphatic rings. The second-order valence-corrected chi connectivity index (χ2v) is 6.82. The second kappa shape index (κ2) is 6.71. The van der Waals surface area contributed by atoms with Crippen LogP contribution in [0.1, 0.15) is 28.1 Å². The minimum atomic E-state index is -0.0672. The van der Waals surface area contributed by atoms with E-state index in [9.17, 15) is 4.79 Å². The lowest BCUT2D eigenvalue weighted by Gasteiger charge is -2.20. The molecular formula is C22H21N3O. The molecule has 26 heavy (non-hydrogen) atoms. The smallest absolute Gasteiger partial charge is 0.229 e. The Kier molecular flexibility index (Phi) is 4.25. The molecule has 1 aliphatic carbocycles. The number of hydrogen-bond donors (Lipinski definition) is 1. The molecule has 0 saturated carbocycles. The van der Waals surface area contributed by atoms with Gasteiger partial charge in [0, 0.05) is 5.56 Å². The van der Waals surface area contributed by atoms with E-state index >= 15 is 0 Å². The average molecular weight is 343 g/mol. The van der Waals surface area contributed by atoms with E-state index in [1.165, 1.54) is 11.1 Å². The summed E-state index contributed by atoms with van der Waals surface area (Å²) in [6.07, 6.45) is 2.14. The van der Waals surface area contributed by atoms with Gasteiger partial charge < -0.3 is 5.32 Å². The molecule has 4 heteroatoms. The van der Waals surface area contributed by atoms with Crippen molar-refractivity contribution in [1.82, 2.24) is 9.97 Å². The third-order valence-corrected chi connectivity index (χ3v) is 4.79. The highest BCUT2D eigenvalue weighted by Gasteiger charge is 2.20. The number of nitrogens with zero attached hydrogens (tertiary/aromatic N) is 2. The molecule has 1 N–H and O–H groups in total. The first-order chi connectivity index (χ1) is 12.6. The van der Waals surface area contributed by atoms with E-state index in [0.717, 1.165) is 41.1 Å². The molecule has 0 unspecified atom stereocenters. The molecule has 0 spiro atoms. The van der Waals surface area contributed by atoms with Crippen LogP contribution in [0.5, 0.6) is 0 Å².